The van der Waals surface area contributed by atoms with Crippen molar-refractivity contribution < 1.29 is 4.74 Å². The van der Waals surface area contributed by atoms with Crippen LogP contribution in [0, 0.1) is 0 Å². The van der Waals surface area contributed by atoms with E-state index in [1.165, 1.54) is 22.3 Å². The van der Waals surface area contributed by atoms with Crippen LogP contribution in [0.5, 0.6) is 0 Å². The van der Waals surface area contributed by atoms with Gasteiger partial charge < -0.3 is 14.2 Å². The van der Waals surface area contributed by atoms with Gasteiger partial charge in [0.2, 0.25) is 0 Å². The molecule has 0 unspecified atom stereocenters. The van der Waals surface area contributed by atoms with Crippen molar-refractivity contribution in [3.8, 4) is 0 Å². The van der Waals surface area contributed by atoms with Crippen LogP contribution in [-0.2, 0) is 24.2 Å². The second kappa shape index (κ2) is 9.90. The predicted octanol–water partition coefficient (Wildman–Crippen LogP) is 6.43. The Balaban J connectivity index is 1.56. The Labute approximate surface area is 191 Å². The van der Waals surface area contributed by atoms with Gasteiger partial charge in [0.05, 0.1) is 17.6 Å². The minimum atomic E-state index is 0.737. The molecule has 0 amide bonds. The van der Waals surface area contributed by atoms with Gasteiger partial charge in [-0.25, -0.2) is 4.98 Å². The molecule has 0 bridgehead atoms. The van der Waals surface area contributed by atoms with E-state index < -0.39 is 0 Å². The quantitative estimate of drug-likeness (QED) is 0.415. The van der Waals surface area contributed by atoms with E-state index in [1.54, 1.807) is 0 Å². The molecule has 1 aliphatic heterocycles. The number of hydrogen-bond donors (Lipinski definition) is 0. The van der Waals surface area contributed by atoms with Gasteiger partial charge in [-0.2, -0.15) is 0 Å². The van der Waals surface area contributed by atoms with Gasteiger partial charge in [-0.1, -0.05) is 49.9 Å². The summed E-state index contributed by atoms with van der Waals surface area (Å²) in [4.78, 5) is 7.27. The molecule has 1 aromatic heterocycles. The lowest BCUT2D eigenvalue weighted by atomic mass is 10.1. The normalized spacial score (nSPS) is 16.1. The highest BCUT2D eigenvalue weighted by atomic mass is 16.5. The third-order valence-electron chi connectivity index (χ3n) is 5.93. The maximum absolute atomic E-state index is 5.75. The number of benzene rings is 2. The van der Waals surface area contributed by atoms with Gasteiger partial charge in [-0.15, -0.1) is 0 Å². The minimum absolute atomic E-state index is 0.737. The fraction of sp³-hybridized carbons (Fsp3) is 0.321. The Morgan fingerprint density at radius 1 is 1.19 bits per heavy atom. The van der Waals surface area contributed by atoms with Crippen LogP contribution >= 0.6 is 0 Å². The highest BCUT2D eigenvalue weighted by Gasteiger charge is 2.16. The van der Waals surface area contributed by atoms with Crippen LogP contribution < -0.4 is 4.90 Å². The Morgan fingerprint density at radius 2 is 2.00 bits per heavy atom. The van der Waals surface area contributed by atoms with E-state index in [4.69, 9.17) is 9.72 Å². The van der Waals surface area contributed by atoms with Crippen molar-refractivity contribution in [1.82, 2.24) is 9.55 Å². The standard InChI is InChI=1S/C28H33N3O/c1-5-10-27-23(15-16-32-27)17-21(3)18-28-29-25-19-24(13-14-26(25)31(28)6-2)30(4)20-22-11-8-7-9-12-22/h7-14,17,19H,3,5-6,15-16,18,20H2,1-2,4H3/b23-17-,27-10+. The number of ether oxygens (including phenoxy) is 1. The molecule has 0 atom stereocenters. The summed E-state index contributed by atoms with van der Waals surface area (Å²) in [5, 5.41) is 0. The molecule has 0 saturated carbocycles. The number of nitrogens with zero attached hydrogens (tertiary/aromatic N) is 3. The number of imidazole rings is 1. The predicted molar refractivity (Wildman–Crippen MR) is 134 cm³/mol. The molecule has 0 radical (unpaired) electrons. The lowest BCUT2D eigenvalue weighted by Gasteiger charge is -2.19. The van der Waals surface area contributed by atoms with E-state index in [9.17, 15) is 0 Å². The summed E-state index contributed by atoms with van der Waals surface area (Å²) in [6.45, 7) is 11.2. The summed E-state index contributed by atoms with van der Waals surface area (Å²) < 4.78 is 8.05. The molecule has 4 rings (SSSR count). The van der Waals surface area contributed by atoms with Crippen LogP contribution in [-0.4, -0.2) is 23.2 Å². The number of allylic oxidation sites excluding steroid dienone is 4. The van der Waals surface area contributed by atoms with E-state index in [0.717, 1.165) is 61.6 Å². The zero-order chi connectivity index (χ0) is 22.5. The monoisotopic (exact) mass is 427 g/mol. The Bertz CT molecular complexity index is 1150. The molecule has 4 nitrogen and oxygen atoms in total. The number of fused-ring (bicyclic) bond motifs is 1. The molecule has 32 heavy (non-hydrogen) atoms. The molecule has 4 heteroatoms. The number of aryl methyl sites for hydroxylation is 1. The van der Waals surface area contributed by atoms with Gasteiger partial charge in [-0.3, -0.25) is 0 Å². The topological polar surface area (TPSA) is 30.3 Å². The smallest absolute Gasteiger partial charge is 0.118 e. The molecular formula is C28H33N3O. The summed E-state index contributed by atoms with van der Waals surface area (Å²) in [7, 11) is 2.13. The van der Waals surface area contributed by atoms with Crippen molar-refractivity contribution in [3.05, 3.63) is 95.6 Å². The van der Waals surface area contributed by atoms with Crippen LogP contribution in [0.15, 0.2) is 84.2 Å². The van der Waals surface area contributed by atoms with Crippen molar-refractivity contribution in [2.45, 2.75) is 46.2 Å². The largest absolute Gasteiger partial charge is 0.493 e. The lowest BCUT2D eigenvalue weighted by Crippen LogP contribution is -2.16. The molecule has 166 valence electrons. The Morgan fingerprint density at radius 3 is 2.75 bits per heavy atom. The van der Waals surface area contributed by atoms with Crippen LogP contribution in [0.1, 0.15) is 38.1 Å². The first kappa shape index (κ1) is 21.9. The van der Waals surface area contributed by atoms with Crippen LogP contribution in [0.3, 0.4) is 0 Å². The average Bonchev–Trinajstić information content (AvgIpc) is 3.37. The van der Waals surface area contributed by atoms with Gasteiger partial charge in [0.15, 0.2) is 0 Å². The van der Waals surface area contributed by atoms with Crippen LogP contribution in [0.4, 0.5) is 5.69 Å². The molecular weight excluding hydrogens is 394 g/mol. The first-order chi connectivity index (χ1) is 15.6. The van der Waals surface area contributed by atoms with Crippen molar-refractivity contribution in [2.75, 3.05) is 18.6 Å². The molecule has 2 heterocycles. The van der Waals surface area contributed by atoms with E-state index >= 15 is 0 Å². The van der Waals surface area contributed by atoms with Crippen molar-refractivity contribution in [1.29, 1.82) is 0 Å². The molecule has 1 aliphatic rings. The van der Waals surface area contributed by atoms with Crippen LogP contribution in [0.25, 0.3) is 11.0 Å². The van der Waals surface area contributed by atoms with Gasteiger partial charge in [0.1, 0.15) is 11.6 Å². The average molecular weight is 428 g/mol. The third kappa shape index (κ3) is 4.80. The first-order valence-electron chi connectivity index (χ1n) is 11.5. The molecule has 1 saturated heterocycles. The summed E-state index contributed by atoms with van der Waals surface area (Å²) in [5.41, 5.74) is 7.00. The highest BCUT2D eigenvalue weighted by Crippen LogP contribution is 2.28. The van der Waals surface area contributed by atoms with Gasteiger partial charge in [0.25, 0.3) is 0 Å². The summed E-state index contributed by atoms with van der Waals surface area (Å²) in [5.74, 6) is 2.08. The molecule has 0 N–H and O–H groups in total. The Hall–Kier alpha value is -3.27. The molecule has 0 spiro atoms. The number of hydrogen-bond acceptors (Lipinski definition) is 3. The third-order valence-corrected chi connectivity index (χ3v) is 5.93. The zero-order valence-electron chi connectivity index (χ0n) is 19.5. The molecule has 0 aliphatic carbocycles. The zero-order valence-corrected chi connectivity index (χ0v) is 19.5. The minimum Gasteiger partial charge on any atom is -0.493 e. The first-order valence-corrected chi connectivity index (χ1v) is 11.5. The second-order valence-corrected chi connectivity index (χ2v) is 8.37. The van der Waals surface area contributed by atoms with Gasteiger partial charge >= 0.3 is 0 Å². The highest BCUT2D eigenvalue weighted by molar-refractivity contribution is 5.80. The van der Waals surface area contributed by atoms with Gasteiger partial charge in [0, 0.05) is 38.7 Å². The lowest BCUT2D eigenvalue weighted by molar-refractivity contribution is 0.264. The van der Waals surface area contributed by atoms with E-state index in [2.05, 4.69) is 97.6 Å². The number of rotatable bonds is 8. The van der Waals surface area contributed by atoms with Crippen molar-refractivity contribution in [3.63, 3.8) is 0 Å². The van der Waals surface area contributed by atoms with Gasteiger partial charge in [-0.05, 0) is 54.3 Å². The summed E-state index contributed by atoms with van der Waals surface area (Å²) in [6, 6.07) is 17.1. The molecule has 3 aromatic rings. The summed E-state index contributed by atoms with van der Waals surface area (Å²) in [6.07, 6.45) is 7.01. The SMILES string of the molecule is C=C(/C=C1/CCO/C1=C/CC)Cc1nc2cc(N(C)Cc3ccccc3)ccc2n1CC. The molecule has 1 fully saturated rings. The number of aromatic nitrogens is 2. The second-order valence-electron chi connectivity index (χ2n) is 8.37. The fourth-order valence-corrected chi connectivity index (χ4v) is 4.35. The summed E-state index contributed by atoms with van der Waals surface area (Å²) >= 11 is 0. The van der Waals surface area contributed by atoms with E-state index in [1.807, 2.05) is 0 Å². The maximum Gasteiger partial charge on any atom is 0.118 e. The Kier molecular flexibility index (Phi) is 6.79. The number of anilines is 1. The van der Waals surface area contributed by atoms with Crippen molar-refractivity contribution in [2.24, 2.45) is 0 Å². The van der Waals surface area contributed by atoms with E-state index in [-0.39, 0.29) is 0 Å². The maximum atomic E-state index is 5.75. The van der Waals surface area contributed by atoms with Crippen LogP contribution in [0.2, 0.25) is 0 Å². The fourth-order valence-electron chi connectivity index (χ4n) is 4.35. The molecule has 2 aromatic carbocycles. The van der Waals surface area contributed by atoms with Crippen molar-refractivity contribution >= 4 is 16.7 Å². The van der Waals surface area contributed by atoms with E-state index in [0.29, 0.717) is 0 Å².